The van der Waals surface area contributed by atoms with Crippen molar-refractivity contribution in [2.24, 2.45) is 12.8 Å². The second-order valence-corrected chi connectivity index (χ2v) is 6.36. The highest BCUT2D eigenvalue weighted by Gasteiger charge is 2.29. The number of nitrogens with zero attached hydrogens (tertiary/aromatic N) is 2. The van der Waals surface area contributed by atoms with Crippen LogP contribution in [0, 0.1) is 0 Å². The van der Waals surface area contributed by atoms with E-state index in [4.69, 9.17) is 10.5 Å². The number of hydrogen-bond acceptors (Lipinski definition) is 5. The zero-order valence-electron chi connectivity index (χ0n) is 12.0. The molecule has 3 N–H and O–H groups in total. The van der Waals surface area contributed by atoms with Crippen molar-refractivity contribution >= 4 is 11.8 Å². The van der Waals surface area contributed by atoms with Gasteiger partial charge in [0.2, 0.25) is 0 Å². The van der Waals surface area contributed by atoms with E-state index in [9.17, 15) is 4.79 Å². The third-order valence-electron chi connectivity index (χ3n) is 3.91. The lowest BCUT2D eigenvalue weighted by atomic mass is 9.87. The lowest BCUT2D eigenvalue weighted by Crippen LogP contribution is -2.30. The molecule has 0 saturated heterocycles. The summed E-state index contributed by atoms with van der Waals surface area (Å²) in [6, 6.07) is 5.96. The fourth-order valence-electron chi connectivity index (χ4n) is 2.62. The minimum Gasteiger partial charge on any atom is -0.497 e. The first kappa shape index (κ1) is 14.2. The number of methoxy groups -OCH3 is 1. The van der Waals surface area contributed by atoms with E-state index in [-0.39, 0.29) is 17.0 Å². The summed E-state index contributed by atoms with van der Waals surface area (Å²) in [6.45, 7) is 0. The molecule has 2 unspecified atom stereocenters. The minimum absolute atomic E-state index is 0.0966. The van der Waals surface area contributed by atoms with Crippen LogP contribution >= 0.6 is 11.8 Å². The maximum absolute atomic E-state index is 11.4. The van der Waals surface area contributed by atoms with Crippen LogP contribution in [0.1, 0.15) is 23.6 Å². The topological polar surface area (TPSA) is 85.9 Å². The number of benzene rings is 1. The van der Waals surface area contributed by atoms with Crippen LogP contribution in [0.5, 0.6) is 5.75 Å². The molecular formula is C14H18N4O2S. The normalized spacial score (nSPS) is 21.1. The molecule has 112 valence electrons. The van der Waals surface area contributed by atoms with Gasteiger partial charge in [0.05, 0.1) is 7.11 Å². The quantitative estimate of drug-likeness (QED) is 0.890. The predicted molar refractivity (Wildman–Crippen MR) is 81.7 cm³/mol. The molecule has 1 aromatic carbocycles. The summed E-state index contributed by atoms with van der Waals surface area (Å²) < 4.78 is 6.79. The molecule has 0 fully saturated rings. The lowest BCUT2D eigenvalue weighted by Gasteiger charge is -2.30. The average molecular weight is 306 g/mol. The average Bonchev–Trinajstić information content (AvgIpc) is 2.82. The van der Waals surface area contributed by atoms with Crippen molar-refractivity contribution in [2.45, 2.75) is 29.3 Å². The molecule has 0 radical (unpaired) electrons. The molecule has 6 nitrogen and oxygen atoms in total. The third kappa shape index (κ3) is 2.58. The standard InChI is InChI=1S/C14H18N4O2S/c1-18-13(19)16-17-14(18)21-11-6-4-8-3-5-9(20-2)7-10(8)12(11)15/h3,5,7,11-12H,4,6,15H2,1-2H3,(H,16,19). The number of hydrogen-bond donors (Lipinski definition) is 2. The van der Waals surface area contributed by atoms with Crippen molar-refractivity contribution in [3.63, 3.8) is 0 Å². The second kappa shape index (κ2) is 5.57. The molecule has 1 heterocycles. The molecule has 0 saturated carbocycles. The number of ether oxygens (including phenoxy) is 1. The monoisotopic (exact) mass is 306 g/mol. The van der Waals surface area contributed by atoms with Gasteiger partial charge in [0.15, 0.2) is 5.16 Å². The Labute approximate surface area is 126 Å². The summed E-state index contributed by atoms with van der Waals surface area (Å²) in [4.78, 5) is 11.4. The summed E-state index contributed by atoms with van der Waals surface area (Å²) in [6.07, 6.45) is 1.94. The molecule has 2 atom stereocenters. The van der Waals surface area contributed by atoms with Gasteiger partial charge in [-0.3, -0.25) is 4.57 Å². The maximum atomic E-state index is 11.4. The van der Waals surface area contributed by atoms with Crippen molar-refractivity contribution in [3.05, 3.63) is 39.8 Å². The van der Waals surface area contributed by atoms with Crippen molar-refractivity contribution in [1.82, 2.24) is 14.8 Å². The highest BCUT2D eigenvalue weighted by atomic mass is 32.2. The van der Waals surface area contributed by atoms with E-state index in [0.717, 1.165) is 24.2 Å². The van der Waals surface area contributed by atoms with Crippen molar-refractivity contribution in [3.8, 4) is 5.75 Å². The maximum Gasteiger partial charge on any atom is 0.343 e. The van der Waals surface area contributed by atoms with E-state index < -0.39 is 0 Å². The van der Waals surface area contributed by atoms with Gasteiger partial charge in [-0.25, -0.2) is 9.89 Å². The molecule has 21 heavy (non-hydrogen) atoms. The van der Waals surface area contributed by atoms with E-state index in [2.05, 4.69) is 16.3 Å². The van der Waals surface area contributed by atoms with Crippen molar-refractivity contribution in [2.75, 3.05) is 7.11 Å². The number of aromatic nitrogens is 3. The first-order chi connectivity index (χ1) is 10.1. The molecule has 0 aliphatic heterocycles. The van der Waals surface area contributed by atoms with Gasteiger partial charge in [-0.2, -0.15) is 0 Å². The molecule has 2 aromatic rings. The summed E-state index contributed by atoms with van der Waals surface area (Å²) in [5.41, 5.74) is 8.61. The number of H-pyrrole nitrogens is 1. The van der Waals surface area contributed by atoms with Gasteiger partial charge >= 0.3 is 5.69 Å². The number of fused-ring (bicyclic) bond motifs is 1. The van der Waals surface area contributed by atoms with Crippen LogP contribution in [0.3, 0.4) is 0 Å². The summed E-state index contributed by atoms with van der Waals surface area (Å²) in [7, 11) is 3.36. The summed E-state index contributed by atoms with van der Waals surface area (Å²) >= 11 is 1.55. The highest BCUT2D eigenvalue weighted by molar-refractivity contribution is 7.99. The zero-order chi connectivity index (χ0) is 15.0. The van der Waals surface area contributed by atoms with Gasteiger partial charge in [0, 0.05) is 18.3 Å². The Bertz CT molecular complexity index is 709. The van der Waals surface area contributed by atoms with E-state index in [1.165, 1.54) is 10.1 Å². The van der Waals surface area contributed by atoms with Gasteiger partial charge < -0.3 is 10.5 Å². The SMILES string of the molecule is COc1ccc2c(c1)C(N)C(Sc1n[nH]c(=O)n1C)CC2. The molecule has 0 amide bonds. The molecule has 0 spiro atoms. The Balaban J connectivity index is 1.86. The summed E-state index contributed by atoms with van der Waals surface area (Å²) in [5, 5.41) is 7.36. The van der Waals surface area contributed by atoms with Crippen LogP contribution < -0.4 is 16.2 Å². The Hall–Kier alpha value is -1.73. The summed E-state index contributed by atoms with van der Waals surface area (Å²) in [5.74, 6) is 0.821. The van der Waals surface area contributed by atoms with E-state index in [0.29, 0.717) is 5.16 Å². The molecule has 1 aromatic heterocycles. The van der Waals surface area contributed by atoms with Crippen LogP contribution in [0.2, 0.25) is 0 Å². The molecule has 0 bridgehead atoms. The fraction of sp³-hybridized carbons (Fsp3) is 0.429. The van der Waals surface area contributed by atoms with Crippen LogP contribution in [-0.2, 0) is 13.5 Å². The van der Waals surface area contributed by atoms with Gasteiger partial charge in [-0.1, -0.05) is 17.8 Å². The Kier molecular flexibility index (Phi) is 3.77. The Morgan fingerprint density at radius 3 is 3.00 bits per heavy atom. The van der Waals surface area contributed by atoms with Crippen LogP contribution in [-0.4, -0.2) is 27.1 Å². The van der Waals surface area contributed by atoms with Crippen LogP contribution in [0.15, 0.2) is 28.2 Å². The van der Waals surface area contributed by atoms with Crippen molar-refractivity contribution in [1.29, 1.82) is 0 Å². The first-order valence-corrected chi connectivity index (χ1v) is 7.68. The number of aromatic amines is 1. The largest absolute Gasteiger partial charge is 0.497 e. The van der Waals surface area contributed by atoms with Gasteiger partial charge in [-0.05, 0) is 36.1 Å². The zero-order valence-corrected chi connectivity index (χ0v) is 12.8. The van der Waals surface area contributed by atoms with Crippen molar-refractivity contribution < 1.29 is 4.74 Å². The van der Waals surface area contributed by atoms with E-state index in [1.807, 2.05) is 12.1 Å². The Morgan fingerprint density at radius 1 is 1.52 bits per heavy atom. The molecule has 1 aliphatic rings. The highest BCUT2D eigenvalue weighted by Crippen LogP contribution is 2.39. The molecule has 1 aliphatic carbocycles. The smallest absolute Gasteiger partial charge is 0.343 e. The molecule has 3 rings (SSSR count). The Morgan fingerprint density at radius 2 is 2.33 bits per heavy atom. The number of nitrogens with two attached hydrogens (primary N) is 1. The van der Waals surface area contributed by atoms with E-state index >= 15 is 0 Å². The van der Waals surface area contributed by atoms with Gasteiger partial charge in [0.1, 0.15) is 5.75 Å². The third-order valence-corrected chi connectivity index (χ3v) is 5.31. The number of aryl methyl sites for hydroxylation is 1. The van der Waals surface area contributed by atoms with Gasteiger partial charge in [0.25, 0.3) is 0 Å². The number of thioether (sulfide) groups is 1. The molecular weight excluding hydrogens is 288 g/mol. The second-order valence-electron chi connectivity index (χ2n) is 5.16. The fourth-order valence-corrected chi connectivity index (χ4v) is 3.76. The van der Waals surface area contributed by atoms with Crippen LogP contribution in [0.4, 0.5) is 0 Å². The number of rotatable bonds is 3. The van der Waals surface area contributed by atoms with Crippen LogP contribution in [0.25, 0.3) is 0 Å². The van der Waals surface area contributed by atoms with E-state index in [1.54, 1.807) is 25.9 Å². The van der Waals surface area contributed by atoms with Gasteiger partial charge in [-0.15, -0.1) is 5.10 Å². The minimum atomic E-state index is -0.205. The molecule has 7 heteroatoms. The lowest BCUT2D eigenvalue weighted by molar-refractivity contribution is 0.412. The first-order valence-electron chi connectivity index (χ1n) is 6.80. The predicted octanol–water partition coefficient (Wildman–Crippen LogP) is 1.22. The number of nitrogens with one attached hydrogen (secondary N) is 1.